The quantitative estimate of drug-likeness (QED) is 0.138. The Kier molecular flexibility index (Phi) is 29.2. The van der Waals surface area contributed by atoms with Gasteiger partial charge in [0, 0.05) is 6.61 Å². The van der Waals surface area contributed by atoms with Gasteiger partial charge < -0.3 is 52.8 Å². The van der Waals surface area contributed by atoms with Crippen molar-refractivity contribution < 1.29 is 52.8 Å². The van der Waals surface area contributed by atoms with Crippen LogP contribution in [0.3, 0.4) is 0 Å². The highest BCUT2D eigenvalue weighted by Gasteiger charge is 2.00. The molecule has 11 heteroatoms. The summed E-state index contributed by atoms with van der Waals surface area (Å²) in [5.41, 5.74) is 0. The largest absolute Gasteiger partial charge is 0.394 e. The molecule has 0 aliphatic rings. The first kappa shape index (κ1) is 32.6. The highest BCUT2D eigenvalue weighted by atomic mass is 16.6. The van der Waals surface area contributed by atoms with Gasteiger partial charge in [-0.15, -0.1) is 0 Å². The van der Waals surface area contributed by atoms with Gasteiger partial charge in [0.15, 0.2) is 0 Å². The van der Waals surface area contributed by atoms with Crippen LogP contribution in [-0.4, -0.2) is 142 Å². The van der Waals surface area contributed by atoms with Crippen LogP contribution in [0.25, 0.3) is 0 Å². The number of ether oxygens (including phenoxy) is 9. The van der Waals surface area contributed by atoms with Crippen LogP contribution in [0, 0.1) is 0 Å². The predicted octanol–water partition coefficient (Wildman–Crippen LogP) is -0.101. The summed E-state index contributed by atoms with van der Waals surface area (Å²) < 4.78 is 48.2. The van der Waals surface area contributed by atoms with Crippen molar-refractivity contribution in [3.05, 3.63) is 0 Å². The normalized spacial score (nSPS) is 12.5. The second-order valence-corrected chi connectivity index (χ2v) is 6.81. The van der Waals surface area contributed by atoms with E-state index in [0.29, 0.717) is 106 Å². The summed E-state index contributed by atoms with van der Waals surface area (Å²) in [5, 5.41) is 17.7. The molecule has 0 aromatic rings. The summed E-state index contributed by atoms with van der Waals surface area (Å²) in [5.74, 6) is 0. The maximum Gasteiger partial charge on any atom is 0.100 e. The summed E-state index contributed by atoms with van der Waals surface area (Å²) in [4.78, 5) is 0. The predicted molar refractivity (Wildman–Crippen MR) is 121 cm³/mol. The van der Waals surface area contributed by atoms with Crippen LogP contribution in [0.2, 0.25) is 0 Å². The molecule has 11 nitrogen and oxygen atoms in total. The summed E-state index contributed by atoms with van der Waals surface area (Å²) in [7, 11) is 0. The van der Waals surface area contributed by atoms with Gasteiger partial charge in [-0.2, -0.15) is 0 Å². The molecule has 0 spiro atoms. The standard InChI is InChI=1S/C22H46O11/c1-2-3-25-4-5-26-6-7-27-8-9-28-10-11-29-12-13-30-14-15-31-16-17-32-18-19-33-21-22(24)20-23/h22-24H,2-21H2,1H3. The van der Waals surface area contributed by atoms with E-state index in [-0.39, 0.29) is 13.2 Å². The molecule has 1 unspecified atom stereocenters. The average molecular weight is 487 g/mol. The van der Waals surface area contributed by atoms with Gasteiger partial charge in [0.2, 0.25) is 0 Å². The lowest BCUT2D eigenvalue weighted by atomic mass is 10.4. The number of aliphatic hydroxyl groups excluding tert-OH is 2. The zero-order chi connectivity index (χ0) is 24.1. The Labute approximate surface area is 198 Å². The zero-order valence-corrected chi connectivity index (χ0v) is 20.3. The molecule has 0 saturated heterocycles. The topological polar surface area (TPSA) is 124 Å². The maximum atomic E-state index is 9.08. The van der Waals surface area contributed by atoms with Crippen molar-refractivity contribution in [3.8, 4) is 0 Å². The third kappa shape index (κ3) is 29.5. The van der Waals surface area contributed by atoms with Crippen molar-refractivity contribution in [2.45, 2.75) is 19.4 Å². The minimum Gasteiger partial charge on any atom is -0.394 e. The van der Waals surface area contributed by atoms with Crippen LogP contribution in [-0.2, 0) is 42.6 Å². The minimum atomic E-state index is -0.838. The lowest BCUT2D eigenvalue weighted by molar-refractivity contribution is -0.0319. The van der Waals surface area contributed by atoms with Gasteiger partial charge in [-0.1, -0.05) is 6.92 Å². The van der Waals surface area contributed by atoms with Crippen molar-refractivity contribution in [2.24, 2.45) is 0 Å². The number of aliphatic hydroxyl groups is 2. The van der Waals surface area contributed by atoms with Gasteiger partial charge in [0.05, 0.1) is 119 Å². The molecule has 0 aromatic heterocycles. The molecular formula is C22H46O11. The Morgan fingerprint density at radius 2 is 0.667 bits per heavy atom. The third-order valence-corrected chi connectivity index (χ3v) is 3.85. The van der Waals surface area contributed by atoms with Crippen LogP contribution >= 0.6 is 0 Å². The Morgan fingerprint density at radius 3 is 0.909 bits per heavy atom. The van der Waals surface area contributed by atoms with Gasteiger partial charge in [-0.3, -0.25) is 0 Å². The molecule has 0 aliphatic heterocycles. The lowest BCUT2D eigenvalue weighted by Crippen LogP contribution is -2.21. The van der Waals surface area contributed by atoms with E-state index in [2.05, 4.69) is 6.92 Å². The lowest BCUT2D eigenvalue weighted by Gasteiger charge is -2.09. The molecular weight excluding hydrogens is 440 g/mol. The van der Waals surface area contributed by atoms with E-state index in [1.807, 2.05) is 0 Å². The Bertz CT molecular complexity index is 350. The summed E-state index contributed by atoms with van der Waals surface area (Å²) in [6.07, 6.45) is 0.185. The highest BCUT2D eigenvalue weighted by Crippen LogP contribution is 1.87. The van der Waals surface area contributed by atoms with Crippen molar-refractivity contribution in [2.75, 3.05) is 126 Å². The van der Waals surface area contributed by atoms with Gasteiger partial charge in [-0.05, 0) is 6.42 Å². The fraction of sp³-hybridized carbons (Fsp3) is 1.00. The van der Waals surface area contributed by atoms with Gasteiger partial charge >= 0.3 is 0 Å². The molecule has 0 aromatic carbocycles. The van der Waals surface area contributed by atoms with Crippen molar-refractivity contribution >= 4 is 0 Å². The van der Waals surface area contributed by atoms with Gasteiger partial charge in [0.1, 0.15) is 6.10 Å². The first-order chi connectivity index (χ1) is 16.3. The molecule has 0 radical (unpaired) electrons. The first-order valence-corrected chi connectivity index (χ1v) is 11.8. The monoisotopic (exact) mass is 486 g/mol. The number of hydrogen-bond donors (Lipinski definition) is 2. The van der Waals surface area contributed by atoms with Crippen LogP contribution in [0.1, 0.15) is 13.3 Å². The average Bonchev–Trinajstić information content (AvgIpc) is 2.83. The SMILES string of the molecule is CCCOCCOCCOCCOCCOCCOCCOCCOCCOCC(O)CO. The molecule has 0 amide bonds. The fourth-order valence-electron chi connectivity index (χ4n) is 2.18. The Balaban J connectivity index is 3.01. The Morgan fingerprint density at radius 1 is 0.424 bits per heavy atom. The fourth-order valence-corrected chi connectivity index (χ4v) is 2.18. The second-order valence-electron chi connectivity index (χ2n) is 6.81. The number of rotatable bonds is 29. The summed E-state index contributed by atoms with van der Waals surface area (Å²) in [6.45, 7) is 10.8. The molecule has 1 atom stereocenters. The van der Waals surface area contributed by atoms with E-state index in [1.54, 1.807) is 0 Å². The van der Waals surface area contributed by atoms with Crippen LogP contribution < -0.4 is 0 Å². The van der Waals surface area contributed by atoms with Gasteiger partial charge in [0.25, 0.3) is 0 Å². The van der Waals surface area contributed by atoms with E-state index in [4.69, 9.17) is 52.8 Å². The molecule has 2 N–H and O–H groups in total. The molecule has 0 heterocycles. The van der Waals surface area contributed by atoms with Crippen molar-refractivity contribution in [1.82, 2.24) is 0 Å². The molecule has 0 saturated carbocycles. The highest BCUT2D eigenvalue weighted by molar-refractivity contribution is 4.48. The van der Waals surface area contributed by atoms with E-state index < -0.39 is 6.10 Å². The summed E-state index contributed by atoms with van der Waals surface area (Å²) >= 11 is 0. The van der Waals surface area contributed by atoms with Gasteiger partial charge in [-0.25, -0.2) is 0 Å². The molecule has 33 heavy (non-hydrogen) atoms. The van der Waals surface area contributed by atoms with E-state index >= 15 is 0 Å². The van der Waals surface area contributed by atoms with Crippen LogP contribution in [0.4, 0.5) is 0 Å². The van der Waals surface area contributed by atoms with E-state index in [0.717, 1.165) is 13.0 Å². The molecule has 200 valence electrons. The molecule has 0 rings (SSSR count). The van der Waals surface area contributed by atoms with Crippen LogP contribution in [0.5, 0.6) is 0 Å². The smallest absolute Gasteiger partial charge is 0.100 e. The van der Waals surface area contributed by atoms with E-state index in [1.165, 1.54) is 0 Å². The van der Waals surface area contributed by atoms with E-state index in [9.17, 15) is 0 Å². The van der Waals surface area contributed by atoms with Crippen LogP contribution in [0.15, 0.2) is 0 Å². The molecule has 0 aliphatic carbocycles. The van der Waals surface area contributed by atoms with Crippen molar-refractivity contribution in [1.29, 1.82) is 0 Å². The first-order valence-electron chi connectivity index (χ1n) is 11.8. The number of hydrogen-bond acceptors (Lipinski definition) is 11. The third-order valence-electron chi connectivity index (χ3n) is 3.85. The summed E-state index contributed by atoms with van der Waals surface area (Å²) in [6, 6.07) is 0. The zero-order valence-electron chi connectivity index (χ0n) is 20.3. The van der Waals surface area contributed by atoms with Crippen molar-refractivity contribution in [3.63, 3.8) is 0 Å². The molecule has 0 bridgehead atoms. The maximum absolute atomic E-state index is 9.08. The molecule has 0 fully saturated rings. The minimum absolute atomic E-state index is 0.103. The Hall–Kier alpha value is -0.440. The second kappa shape index (κ2) is 29.6.